The van der Waals surface area contributed by atoms with E-state index in [1.54, 1.807) is 13.3 Å². The van der Waals surface area contributed by atoms with E-state index in [0.717, 1.165) is 33.8 Å². The summed E-state index contributed by atoms with van der Waals surface area (Å²) in [6, 6.07) is 31.0. The van der Waals surface area contributed by atoms with Gasteiger partial charge < -0.3 is 5.32 Å². The summed E-state index contributed by atoms with van der Waals surface area (Å²) in [5, 5.41) is 11.0. The van der Waals surface area contributed by atoms with Gasteiger partial charge in [-0.3, -0.25) is 5.43 Å². The van der Waals surface area contributed by atoms with Crippen molar-refractivity contribution in [2.75, 3.05) is 7.05 Å². The molecule has 0 aliphatic heterocycles. The lowest BCUT2D eigenvalue weighted by atomic mass is 10.1. The van der Waals surface area contributed by atoms with Gasteiger partial charge in [-0.15, -0.1) is 0 Å². The zero-order valence-electron chi connectivity index (χ0n) is 16.5. The lowest BCUT2D eigenvalue weighted by Crippen LogP contribution is -2.34. The van der Waals surface area contributed by atoms with E-state index in [0.29, 0.717) is 5.11 Å². The standard InChI is InChI=1S/C24H21N5S/c1-25-24(30)27-26-17-18-12-14-21(15-13-18)29-23(20-10-6-3-7-11-20)16-22(28-29)19-8-4-2-5-9-19/h2-17H,1H3,(H2,25,27,30)/p+1. The van der Waals surface area contributed by atoms with Crippen LogP contribution in [0.3, 0.4) is 0 Å². The molecule has 0 aliphatic rings. The Kier molecular flexibility index (Phi) is 5.96. The van der Waals surface area contributed by atoms with Gasteiger partial charge in [0.2, 0.25) is 11.4 Å². The Labute approximate surface area is 181 Å². The lowest BCUT2D eigenvalue weighted by Gasteiger charge is -2.00. The molecule has 0 bridgehead atoms. The number of rotatable bonds is 5. The second kappa shape index (κ2) is 9.15. The lowest BCUT2D eigenvalue weighted by molar-refractivity contribution is -0.643. The summed E-state index contributed by atoms with van der Waals surface area (Å²) < 4.78 is 2.10. The molecule has 30 heavy (non-hydrogen) atoms. The summed E-state index contributed by atoms with van der Waals surface area (Å²) in [4.78, 5) is 0. The van der Waals surface area contributed by atoms with Crippen molar-refractivity contribution in [2.24, 2.45) is 5.10 Å². The fourth-order valence-corrected chi connectivity index (χ4v) is 3.19. The maximum Gasteiger partial charge on any atom is 0.245 e. The predicted molar refractivity (Wildman–Crippen MR) is 126 cm³/mol. The zero-order chi connectivity index (χ0) is 20.8. The number of hydrogen-bond acceptors (Lipinski definition) is 2. The molecule has 4 rings (SSSR count). The molecule has 0 spiro atoms. The molecule has 0 atom stereocenters. The molecule has 3 N–H and O–H groups in total. The Morgan fingerprint density at radius 2 is 1.53 bits per heavy atom. The minimum absolute atomic E-state index is 0.478. The van der Waals surface area contributed by atoms with Crippen LogP contribution in [0.2, 0.25) is 0 Å². The number of hydrazone groups is 1. The quantitative estimate of drug-likeness (QED) is 0.201. The van der Waals surface area contributed by atoms with Crippen LogP contribution in [0.5, 0.6) is 0 Å². The number of H-pyrrole nitrogens is 1. The molecular formula is C24H22N5S+. The molecular weight excluding hydrogens is 390 g/mol. The van der Waals surface area contributed by atoms with E-state index < -0.39 is 0 Å². The molecule has 5 nitrogen and oxygen atoms in total. The van der Waals surface area contributed by atoms with Crippen LogP contribution in [0.15, 0.2) is 96.1 Å². The van der Waals surface area contributed by atoms with Crippen molar-refractivity contribution in [3.63, 3.8) is 0 Å². The van der Waals surface area contributed by atoms with Gasteiger partial charge in [0, 0.05) is 36.4 Å². The summed E-state index contributed by atoms with van der Waals surface area (Å²) in [6.07, 6.45) is 1.74. The molecule has 0 saturated carbocycles. The zero-order valence-corrected chi connectivity index (χ0v) is 17.4. The maximum atomic E-state index is 5.02. The molecule has 0 radical (unpaired) electrons. The van der Waals surface area contributed by atoms with Gasteiger partial charge in [0.1, 0.15) is 5.69 Å². The van der Waals surface area contributed by atoms with Gasteiger partial charge in [-0.25, -0.2) is 0 Å². The smallest absolute Gasteiger partial charge is 0.245 e. The second-order valence-corrected chi connectivity index (χ2v) is 7.07. The van der Waals surface area contributed by atoms with Crippen molar-refractivity contribution in [2.45, 2.75) is 0 Å². The predicted octanol–water partition coefficient (Wildman–Crippen LogP) is 4.05. The summed E-state index contributed by atoms with van der Waals surface area (Å²) in [5.74, 6) is 0. The Bertz CT molecular complexity index is 1150. The van der Waals surface area contributed by atoms with Gasteiger partial charge in [0.05, 0.1) is 6.21 Å². The van der Waals surface area contributed by atoms with Crippen LogP contribution in [0.4, 0.5) is 0 Å². The van der Waals surface area contributed by atoms with Crippen LogP contribution < -0.4 is 15.4 Å². The highest BCUT2D eigenvalue weighted by molar-refractivity contribution is 7.80. The monoisotopic (exact) mass is 412 g/mol. The first kappa shape index (κ1) is 19.5. The van der Waals surface area contributed by atoms with Gasteiger partial charge in [-0.05, 0) is 42.0 Å². The van der Waals surface area contributed by atoms with E-state index in [-0.39, 0.29) is 0 Å². The normalized spacial score (nSPS) is 10.8. The SMILES string of the molecule is CNC(=S)NN=Cc1ccc(-[n+]2[nH]c(-c3ccccc3)cc2-c2ccccc2)cc1. The number of thiocarbonyl (C=S) groups is 1. The van der Waals surface area contributed by atoms with E-state index in [4.69, 9.17) is 12.2 Å². The van der Waals surface area contributed by atoms with Crippen LogP contribution in [-0.2, 0) is 0 Å². The van der Waals surface area contributed by atoms with Crippen molar-refractivity contribution in [1.82, 2.24) is 15.8 Å². The number of nitrogens with one attached hydrogen (secondary N) is 3. The molecule has 1 aromatic heterocycles. The summed E-state index contributed by atoms with van der Waals surface area (Å²) >= 11 is 5.02. The largest absolute Gasteiger partial charge is 0.364 e. The van der Waals surface area contributed by atoms with Crippen molar-refractivity contribution in [1.29, 1.82) is 0 Å². The second-order valence-electron chi connectivity index (χ2n) is 6.66. The number of nitrogens with zero attached hydrogens (tertiary/aromatic N) is 2. The van der Waals surface area contributed by atoms with Gasteiger partial charge in [0.25, 0.3) is 0 Å². The highest BCUT2D eigenvalue weighted by atomic mass is 32.1. The van der Waals surface area contributed by atoms with Crippen molar-refractivity contribution in [3.05, 3.63) is 96.6 Å². The maximum absolute atomic E-state index is 5.02. The third kappa shape index (κ3) is 4.45. The average molecular weight is 413 g/mol. The summed E-state index contributed by atoms with van der Waals surface area (Å²) in [6.45, 7) is 0. The number of aromatic amines is 1. The fraction of sp³-hybridized carbons (Fsp3) is 0.0417. The van der Waals surface area contributed by atoms with Crippen LogP contribution in [-0.4, -0.2) is 23.5 Å². The van der Waals surface area contributed by atoms with E-state index in [9.17, 15) is 0 Å². The highest BCUT2D eigenvalue weighted by Crippen LogP contribution is 2.23. The molecule has 3 aromatic carbocycles. The third-order valence-corrected chi connectivity index (χ3v) is 4.96. The van der Waals surface area contributed by atoms with E-state index in [1.807, 2.05) is 36.4 Å². The van der Waals surface area contributed by atoms with Gasteiger partial charge in [0.15, 0.2) is 5.11 Å². The third-order valence-electron chi connectivity index (χ3n) is 4.67. The molecule has 0 saturated heterocycles. The minimum atomic E-state index is 0.478. The molecule has 0 unspecified atom stereocenters. The molecule has 148 valence electrons. The number of benzene rings is 3. The van der Waals surface area contributed by atoms with Crippen LogP contribution >= 0.6 is 12.2 Å². The Hall–Kier alpha value is -3.77. The molecule has 4 aromatic rings. The number of hydrogen-bond donors (Lipinski definition) is 3. The molecule has 1 heterocycles. The van der Waals surface area contributed by atoms with Crippen LogP contribution in [0, 0.1) is 0 Å². The van der Waals surface area contributed by atoms with Crippen molar-refractivity contribution >= 4 is 23.5 Å². The van der Waals surface area contributed by atoms with Gasteiger partial charge >= 0.3 is 0 Å². The Balaban J connectivity index is 1.69. The minimum Gasteiger partial charge on any atom is -0.364 e. The van der Waals surface area contributed by atoms with Gasteiger partial charge in [-0.1, -0.05) is 53.2 Å². The molecule has 0 aliphatic carbocycles. The fourth-order valence-electron chi connectivity index (χ4n) is 3.14. The highest BCUT2D eigenvalue weighted by Gasteiger charge is 2.21. The average Bonchev–Trinajstić information content (AvgIpc) is 3.26. The van der Waals surface area contributed by atoms with Crippen molar-refractivity contribution in [3.8, 4) is 28.2 Å². The molecule has 0 fully saturated rings. The summed E-state index contributed by atoms with van der Waals surface area (Å²) in [5.41, 5.74) is 9.21. The van der Waals surface area contributed by atoms with Crippen molar-refractivity contribution < 1.29 is 4.68 Å². The Morgan fingerprint density at radius 1 is 0.900 bits per heavy atom. The first-order chi connectivity index (χ1) is 14.7. The number of aromatic nitrogens is 2. The first-order valence-electron chi connectivity index (χ1n) is 9.62. The summed E-state index contributed by atoms with van der Waals surface area (Å²) in [7, 11) is 1.75. The van der Waals surface area contributed by atoms with Crippen LogP contribution in [0.1, 0.15) is 5.56 Å². The van der Waals surface area contributed by atoms with E-state index in [2.05, 4.69) is 80.2 Å². The topological polar surface area (TPSA) is 56.1 Å². The van der Waals surface area contributed by atoms with E-state index >= 15 is 0 Å². The molecule has 6 heteroatoms. The first-order valence-corrected chi connectivity index (χ1v) is 10.0. The molecule has 0 amide bonds. The van der Waals surface area contributed by atoms with Gasteiger partial charge in [-0.2, -0.15) is 10.2 Å². The van der Waals surface area contributed by atoms with E-state index in [1.165, 1.54) is 0 Å². The van der Waals surface area contributed by atoms with Crippen LogP contribution in [0.25, 0.3) is 28.2 Å². The Morgan fingerprint density at radius 3 is 2.17 bits per heavy atom.